The summed E-state index contributed by atoms with van der Waals surface area (Å²) in [6.07, 6.45) is 23.1. The third-order valence-electron chi connectivity index (χ3n) is 8.99. The Balaban J connectivity index is 0.0000144. The molecule has 0 amide bonds. The summed E-state index contributed by atoms with van der Waals surface area (Å²) < 4.78 is 6.35. The van der Waals surface area contributed by atoms with Crippen LogP contribution in [0, 0.1) is 17.8 Å². The Bertz CT molecular complexity index is 662. The van der Waals surface area contributed by atoms with E-state index in [1.54, 1.807) is 0 Å². The average molecular weight is 551 g/mol. The van der Waals surface area contributed by atoms with Crippen LogP contribution in [0.4, 0.5) is 0 Å². The maximum Gasteiger partial charge on any atom is 0.121 e. The molecule has 5 unspecified atom stereocenters. The van der Waals surface area contributed by atoms with Gasteiger partial charge in [-0.15, -0.1) is 0 Å². The van der Waals surface area contributed by atoms with Crippen LogP contribution in [-0.2, 0) is 4.74 Å². The summed E-state index contributed by atoms with van der Waals surface area (Å²) in [5.74, 6) is 2.62. The summed E-state index contributed by atoms with van der Waals surface area (Å²) in [5, 5.41) is 21.2. The number of ether oxygens (including phenoxy) is 1. The number of aliphatic hydroxyl groups is 2. The fourth-order valence-corrected chi connectivity index (χ4v) is 5.82. The Morgan fingerprint density at radius 3 is 2.03 bits per heavy atom. The molecule has 0 aromatic carbocycles. The van der Waals surface area contributed by atoms with Crippen LogP contribution in [0.2, 0.25) is 0 Å². The van der Waals surface area contributed by atoms with Crippen LogP contribution in [-0.4, -0.2) is 28.5 Å². The van der Waals surface area contributed by atoms with E-state index in [4.69, 9.17) is 4.74 Å². The van der Waals surface area contributed by atoms with Gasteiger partial charge >= 0.3 is 0 Å². The molecule has 1 aliphatic rings. The van der Waals surface area contributed by atoms with E-state index in [0.29, 0.717) is 5.92 Å². The lowest BCUT2D eigenvalue weighted by Crippen LogP contribution is -2.24. The molecule has 5 atom stereocenters. The minimum absolute atomic E-state index is 0. The normalized spacial score (nSPS) is 20.7. The van der Waals surface area contributed by atoms with Crippen molar-refractivity contribution in [1.82, 2.24) is 0 Å². The van der Waals surface area contributed by atoms with E-state index in [1.807, 2.05) is 6.92 Å². The molecule has 3 heteroatoms. The van der Waals surface area contributed by atoms with Crippen LogP contribution in [0.3, 0.4) is 0 Å². The second-order valence-electron chi connectivity index (χ2n) is 13.1. The molecule has 0 radical (unpaired) electrons. The topological polar surface area (TPSA) is 49.7 Å². The highest BCUT2D eigenvalue weighted by molar-refractivity contribution is 5.37. The van der Waals surface area contributed by atoms with Crippen LogP contribution >= 0.6 is 0 Å². The first kappa shape index (κ1) is 38.2. The zero-order chi connectivity index (χ0) is 28.4. The zero-order valence-corrected chi connectivity index (χ0v) is 26.6. The van der Waals surface area contributed by atoms with Gasteiger partial charge in [0.2, 0.25) is 0 Å². The Kier molecular flexibility index (Phi) is 21.4. The quantitative estimate of drug-likeness (QED) is 0.124. The van der Waals surface area contributed by atoms with Crippen molar-refractivity contribution in [3.63, 3.8) is 0 Å². The molecule has 0 saturated heterocycles. The number of rotatable bonds is 23. The standard InChI is InChI=1S/C35H66O3.CH4/c1-8-10-12-13-14-16-26-38-34-31(6)30(5)33(36)27-32(34)23-22-29(4)20-17-19-28(3)21-18-25-35(7,37)24-15-11-9-2;/h27-30,33,36-37H,8-26H2,1-7H3;1H4. The number of unbranched alkanes of at least 4 members (excludes halogenated alkanes) is 7. The smallest absolute Gasteiger partial charge is 0.121 e. The van der Waals surface area contributed by atoms with E-state index >= 15 is 0 Å². The van der Waals surface area contributed by atoms with Crippen molar-refractivity contribution < 1.29 is 14.9 Å². The van der Waals surface area contributed by atoms with Gasteiger partial charge in [-0.25, -0.2) is 0 Å². The molecule has 0 spiro atoms. The van der Waals surface area contributed by atoms with Crippen LogP contribution in [0.15, 0.2) is 23.0 Å². The largest absolute Gasteiger partial charge is 0.493 e. The molecule has 0 saturated carbocycles. The molecular formula is C36H70O3. The van der Waals surface area contributed by atoms with Gasteiger partial charge in [-0.2, -0.15) is 0 Å². The maximum absolute atomic E-state index is 10.6. The molecule has 0 aromatic heterocycles. The highest BCUT2D eigenvalue weighted by Gasteiger charge is 2.26. The predicted octanol–water partition coefficient (Wildman–Crippen LogP) is 10.9. The molecule has 39 heavy (non-hydrogen) atoms. The van der Waals surface area contributed by atoms with Crippen molar-refractivity contribution in [3.05, 3.63) is 23.0 Å². The first-order valence-electron chi connectivity index (χ1n) is 16.6. The van der Waals surface area contributed by atoms with Crippen LogP contribution in [0.5, 0.6) is 0 Å². The van der Waals surface area contributed by atoms with Gasteiger partial charge in [-0.05, 0) is 75.0 Å². The monoisotopic (exact) mass is 551 g/mol. The van der Waals surface area contributed by atoms with E-state index in [0.717, 1.165) is 63.2 Å². The summed E-state index contributed by atoms with van der Waals surface area (Å²) in [6, 6.07) is 0. The third-order valence-corrected chi connectivity index (χ3v) is 8.99. The maximum atomic E-state index is 10.6. The SMILES string of the molecule is C.CCCCCCCCOC1=C(C)C(C)C(O)C=C1CCC(C)CCCC(C)CCCC(C)(O)CCCCC. The van der Waals surface area contributed by atoms with E-state index in [9.17, 15) is 10.2 Å². The molecule has 0 fully saturated rings. The number of allylic oxidation sites excluding steroid dienone is 1. The number of hydrogen-bond donors (Lipinski definition) is 2. The summed E-state index contributed by atoms with van der Waals surface area (Å²) >= 11 is 0. The van der Waals surface area contributed by atoms with Gasteiger partial charge in [-0.3, -0.25) is 0 Å². The Labute approximate surface area is 245 Å². The second-order valence-corrected chi connectivity index (χ2v) is 13.1. The molecule has 2 N–H and O–H groups in total. The Hall–Kier alpha value is -0.800. The average Bonchev–Trinajstić information content (AvgIpc) is 2.86. The van der Waals surface area contributed by atoms with Crippen LogP contribution < -0.4 is 0 Å². The third kappa shape index (κ3) is 16.9. The molecule has 1 rings (SSSR count). The molecule has 0 aliphatic heterocycles. The number of hydrogen-bond acceptors (Lipinski definition) is 3. The second kappa shape index (κ2) is 21.9. The lowest BCUT2D eigenvalue weighted by Gasteiger charge is -2.29. The molecule has 0 heterocycles. The van der Waals surface area contributed by atoms with Crippen LogP contribution in [0.1, 0.15) is 171 Å². The summed E-state index contributed by atoms with van der Waals surface area (Å²) in [7, 11) is 0. The van der Waals surface area contributed by atoms with Gasteiger partial charge in [0.25, 0.3) is 0 Å². The van der Waals surface area contributed by atoms with E-state index in [-0.39, 0.29) is 13.3 Å². The Morgan fingerprint density at radius 2 is 1.36 bits per heavy atom. The summed E-state index contributed by atoms with van der Waals surface area (Å²) in [6.45, 7) is 16.3. The summed E-state index contributed by atoms with van der Waals surface area (Å²) in [4.78, 5) is 0. The lowest BCUT2D eigenvalue weighted by atomic mass is 9.84. The Morgan fingerprint density at radius 1 is 0.821 bits per heavy atom. The van der Waals surface area contributed by atoms with Crippen molar-refractivity contribution in [1.29, 1.82) is 0 Å². The van der Waals surface area contributed by atoms with E-state index < -0.39 is 11.7 Å². The van der Waals surface area contributed by atoms with Crippen molar-refractivity contribution in [2.24, 2.45) is 17.8 Å². The molecule has 232 valence electrons. The molecule has 0 bridgehead atoms. The fourth-order valence-electron chi connectivity index (χ4n) is 5.82. The number of aliphatic hydroxyl groups excluding tert-OH is 1. The van der Waals surface area contributed by atoms with Crippen molar-refractivity contribution in [2.75, 3.05) is 6.61 Å². The van der Waals surface area contributed by atoms with Gasteiger partial charge in [-0.1, -0.05) is 126 Å². The first-order chi connectivity index (χ1) is 18.1. The fraction of sp³-hybridized carbons (Fsp3) is 0.889. The molecule has 3 nitrogen and oxygen atoms in total. The van der Waals surface area contributed by atoms with Gasteiger partial charge in [0.1, 0.15) is 5.76 Å². The predicted molar refractivity (Wildman–Crippen MR) is 172 cm³/mol. The molecular weight excluding hydrogens is 480 g/mol. The zero-order valence-electron chi connectivity index (χ0n) is 26.6. The molecule has 0 aromatic rings. The van der Waals surface area contributed by atoms with Crippen molar-refractivity contribution in [3.8, 4) is 0 Å². The molecule has 1 aliphatic carbocycles. The van der Waals surface area contributed by atoms with Gasteiger partial charge in [0, 0.05) is 5.92 Å². The van der Waals surface area contributed by atoms with Crippen molar-refractivity contribution >= 4 is 0 Å². The van der Waals surface area contributed by atoms with Crippen molar-refractivity contribution in [2.45, 2.75) is 183 Å². The highest BCUT2D eigenvalue weighted by atomic mass is 16.5. The van der Waals surface area contributed by atoms with Gasteiger partial charge < -0.3 is 14.9 Å². The first-order valence-corrected chi connectivity index (χ1v) is 16.6. The van der Waals surface area contributed by atoms with E-state index in [2.05, 4.69) is 47.6 Å². The summed E-state index contributed by atoms with van der Waals surface area (Å²) in [5.41, 5.74) is 1.96. The lowest BCUT2D eigenvalue weighted by molar-refractivity contribution is 0.0358. The van der Waals surface area contributed by atoms with Gasteiger partial charge in [0.05, 0.1) is 18.3 Å². The minimum Gasteiger partial charge on any atom is -0.493 e. The van der Waals surface area contributed by atoms with E-state index in [1.165, 1.54) is 81.8 Å². The minimum atomic E-state index is -0.480. The highest BCUT2D eigenvalue weighted by Crippen LogP contribution is 2.34. The van der Waals surface area contributed by atoms with Gasteiger partial charge in [0.15, 0.2) is 0 Å². The van der Waals surface area contributed by atoms with Crippen LogP contribution in [0.25, 0.3) is 0 Å².